The predicted molar refractivity (Wildman–Crippen MR) is 79.2 cm³/mol. The SMILES string of the molecule is COc1ccc(NC(=O)CCc2cccnc2)cc1Cl. The fraction of sp³-hybridized carbons (Fsp3) is 0.200. The highest BCUT2D eigenvalue weighted by Crippen LogP contribution is 2.27. The monoisotopic (exact) mass is 290 g/mol. The quantitative estimate of drug-likeness (QED) is 0.919. The summed E-state index contributed by atoms with van der Waals surface area (Å²) in [7, 11) is 1.55. The van der Waals surface area contributed by atoms with Crippen molar-refractivity contribution in [2.24, 2.45) is 0 Å². The zero-order valence-corrected chi connectivity index (χ0v) is 11.9. The number of pyridine rings is 1. The van der Waals surface area contributed by atoms with E-state index in [9.17, 15) is 4.79 Å². The van der Waals surface area contributed by atoms with Gasteiger partial charge in [-0.1, -0.05) is 17.7 Å². The summed E-state index contributed by atoms with van der Waals surface area (Å²) in [6.45, 7) is 0. The van der Waals surface area contributed by atoms with Crippen LogP contribution in [0.5, 0.6) is 5.75 Å². The Labute approximate surface area is 122 Å². The number of hydrogen-bond donors (Lipinski definition) is 1. The van der Waals surface area contributed by atoms with Gasteiger partial charge in [-0.2, -0.15) is 0 Å². The number of amides is 1. The van der Waals surface area contributed by atoms with E-state index in [1.54, 1.807) is 37.7 Å². The number of aromatic nitrogens is 1. The Hall–Kier alpha value is -2.07. The number of anilines is 1. The number of nitrogens with zero attached hydrogens (tertiary/aromatic N) is 1. The average Bonchev–Trinajstić information content (AvgIpc) is 2.46. The smallest absolute Gasteiger partial charge is 0.224 e. The molecule has 1 aromatic heterocycles. The second kappa shape index (κ2) is 6.91. The molecule has 0 bridgehead atoms. The number of benzene rings is 1. The van der Waals surface area contributed by atoms with Gasteiger partial charge >= 0.3 is 0 Å². The Morgan fingerprint density at radius 1 is 1.40 bits per heavy atom. The van der Waals surface area contributed by atoms with Gasteiger partial charge in [-0.25, -0.2) is 0 Å². The molecule has 20 heavy (non-hydrogen) atoms. The summed E-state index contributed by atoms with van der Waals surface area (Å²) in [6, 6.07) is 8.95. The molecule has 1 amide bonds. The third kappa shape index (κ3) is 3.96. The van der Waals surface area contributed by atoms with Crippen LogP contribution in [0.25, 0.3) is 0 Å². The standard InChI is InChI=1S/C15H15ClN2O2/c1-20-14-6-5-12(9-13(14)16)18-15(19)7-4-11-3-2-8-17-10-11/h2-3,5-6,8-10H,4,7H2,1H3,(H,18,19). The summed E-state index contributed by atoms with van der Waals surface area (Å²) >= 11 is 6.00. The molecule has 0 aliphatic rings. The summed E-state index contributed by atoms with van der Waals surface area (Å²) in [6.07, 6.45) is 4.53. The highest BCUT2D eigenvalue weighted by molar-refractivity contribution is 6.32. The fourth-order valence-corrected chi connectivity index (χ4v) is 2.03. The van der Waals surface area contributed by atoms with Crippen LogP contribution in [0.1, 0.15) is 12.0 Å². The van der Waals surface area contributed by atoms with Gasteiger partial charge in [0.05, 0.1) is 12.1 Å². The Morgan fingerprint density at radius 2 is 2.25 bits per heavy atom. The van der Waals surface area contributed by atoms with Gasteiger partial charge in [0.2, 0.25) is 5.91 Å². The lowest BCUT2D eigenvalue weighted by Gasteiger charge is -2.08. The van der Waals surface area contributed by atoms with Crippen molar-refractivity contribution >= 4 is 23.2 Å². The summed E-state index contributed by atoms with van der Waals surface area (Å²) in [5, 5.41) is 3.27. The number of halogens is 1. The Balaban J connectivity index is 1.90. The van der Waals surface area contributed by atoms with Gasteiger partial charge in [-0.05, 0) is 36.2 Å². The maximum absolute atomic E-state index is 11.8. The van der Waals surface area contributed by atoms with Gasteiger partial charge in [0.1, 0.15) is 5.75 Å². The van der Waals surface area contributed by atoms with E-state index in [0.29, 0.717) is 29.3 Å². The molecule has 2 aromatic rings. The maximum Gasteiger partial charge on any atom is 0.224 e. The van der Waals surface area contributed by atoms with Crippen molar-refractivity contribution in [3.63, 3.8) is 0 Å². The van der Waals surface area contributed by atoms with Gasteiger partial charge in [-0.15, -0.1) is 0 Å². The van der Waals surface area contributed by atoms with Crippen molar-refractivity contribution in [1.29, 1.82) is 0 Å². The zero-order valence-electron chi connectivity index (χ0n) is 11.1. The van der Waals surface area contributed by atoms with Crippen molar-refractivity contribution in [3.8, 4) is 5.75 Å². The third-order valence-electron chi connectivity index (χ3n) is 2.80. The molecule has 4 nitrogen and oxygen atoms in total. The normalized spacial score (nSPS) is 10.1. The van der Waals surface area contributed by atoms with E-state index in [1.807, 2.05) is 12.1 Å². The molecule has 0 fully saturated rings. The van der Waals surface area contributed by atoms with Crippen molar-refractivity contribution in [2.45, 2.75) is 12.8 Å². The summed E-state index contributed by atoms with van der Waals surface area (Å²) in [4.78, 5) is 15.9. The molecule has 0 saturated heterocycles. The first kappa shape index (κ1) is 14.3. The number of ether oxygens (including phenoxy) is 1. The number of aryl methyl sites for hydroxylation is 1. The molecule has 1 aromatic carbocycles. The summed E-state index contributed by atoms with van der Waals surface area (Å²) < 4.78 is 5.06. The molecule has 0 spiro atoms. The van der Waals surface area contributed by atoms with Crippen molar-refractivity contribution in [2.75, 3.05) is 12.4 Å². The first-order valence-corrected chi connectivity index (χ1v) is 6.59. The molecule has 0 radical (unpaired) electrons. The zero-order chi connectivity index (χ0) is 14.4. The summed E-state index contributed by atoms with van der Waals surface area (Å²) in [5.41, 5.74) is 1.70. The molecule has 0 aliphatic heterocycles. The minimum Gasteiger partial charge on any atom is -0.495 e. The van der Waals surface area contributed by atoms with Crippen LogP contribution in [0.4, 0.5) is 5.69 Å². The molecule has 1 heterocycles. The molecule has 0 unspecified atom stereocenters. The van der Waals surface area contributed by atoms with E-state index in [2.05, 4.69) is 10.3 Å². The van der Waals surface area contributed by atoms with E-state index in [4.69, 9.17) is 16.3 Å². The highest BCUT2D eigenvalue weighted by Gasteiger charge is 2.06. The Kier molecular flexibility index (Phi) is 4.96. The molecule has 0 atom stereocenters. The minimum atomic E-state index is -0.0601. The average molecular weight is 291 g/mol. The van der Waals surface area contributed by atoms with Crippen LogP contribution >= 0.6 is 11.6 Å². The largest absolute Gasteiger partial charge is 0.495 e. The van der Waals surface area contributed by atoms with Crippen molar-refractivity contribution in [1.82, 2.24) is 4.98 Å². The Bertz CT molecular complexity index is 588. The van der Waals surface area contributed by atoms with E-state index >= 15 is 0 Å². The van der Waals surface area contributed by atoms with E-state index in [-0.39, 0.29) is 5.91 Å². The third-order valence-corrected chi connectivity index (χ3v) is 3.09. The lowest BCUT2D eigenvalue weighted by atomic mass is 10.1. The first-order chi connectivity index (χ1) is 9.69. The van der Waals surface area contributed by atoms with E-state index in [0.717, 1.165) is 5.56 Å². The molecule has 2 rings (SSSR count). The van der Waals surface area contributed by atoms with E-state index < -0.39 is 0 Å². The molecule has 5 heteroatoms. The number of methoxy groups -OCH3 is 1. The van der Waals surface area contributed by atoms with Crippen LogP contribution in [0.3, 0.4) is 0 Å². The molecule has 1 N–H and O–H groups in total. The highest BCUT2D eigenvalue weighted by atomic mass is 35.5. The van der Waals surface area contributed by atoms with Crippen LogP contribution in [-0.2, 0) is 11.2 Å². The lowest BCUT2D eigenvalue weighted by Crippen LogP contribution is -2.12. The van der Waals surface area contributed by atoms with Gasteiger partial charge in [0.25, 0.3) is 0 Å². The molecule has 104 valence electrons. The number of carbonyl (C=O) groups excluding carboxylic acids is 1. The lowest BCUT2D eigenvalue weighted by molar-refractivity contribution is -0.116. The maximum atomic E-state index is 11.8. The molecule has 0 aliphatic carbocycles. The minimum absolute atomic E-state index is 0.0601. The first-order valence-electron chi connectivity index (χ1n) is 6.21. The fourth-order valence-electron chi connectivity index (χ4n) is 1.77. The van der Waals surface area contributed by atoms with Crippen LogP contribution in [-0.4, -0.2) is 18.0 Å². The van der Waals surface area contributed by atoms with Gasteiger partial charge in [0, 0.05) is 24.5 Å². The molecular weight excluding hydrogens is 276 g/mol. The topological polar surface area (TPSA) is 51.2 Å². The summed E-state index contributed by atoms with van der Waals surface area (Å²) in [5.74, 6) is 0.523. The van der Waals surface area contributed by atoms with Gasteiger partial charge < -0.3 is 10.1 Å². The second-order valence-corrected chi connectivity index (χ2v) is 4.67. The van der Waals surface area contributed by atoms with Crippen LogP contribution in [0.15, 0.2) is 42.7 Å². The number of nitrogens with one attached hydrogen (secondary N) is 1. The number of carbonyl (C=O) groups is 1. The predicted octanol–water partition coefficient (Wildman–Crippen LogP) is 3.31. The van der Waals surface area contributed by atoms with Crippen molar-refractivity contribution in [3.05, 3.63) is 53.3 Å². The number of rotatable bonds is 5. The second-order valence-electron chi connectivity index (χ2n) is 4.26. The van der Waals surface area contributed by atoms with Gasteiger partial charge in [-0.3, -0.25) is 9.78 Å². The van der Waals surface area contributed by atoms with E-state index in [1.165, 1.54) is 0 Å². The van der Waals surface area contributed by atoms with Gasteiger partial charge in [0.15, 0.2) is 0 Å². The number of hydrogen-bond acceptors (Lipinski definition) is 3. The molecular formula is C15H15ClN2O2. The van der Waals surface area contributed by atoms with Crippen LogP contribution < -0.4 is 10.1 Å². The Morgan fingerprint density at radius 3 is 2.90 bits per heavy atom. The van der Waals surface area contributed by atoms with Crippen molar-refractivity contribution < 1.29 is 9.53 Å². The van der Waals surface area contributed by atoms with Crippen LogP contribution in [0, 0.1) is 0 Å². The molecule has 0 saturated carbocycles. The van der Waals surface area contributed by atoms with Crippen LogP contribution in [0.2, 0.25) is 5.02 Å².